The number of aromatic nitrogens is 1. The van der Waals surface area contributed by atoms with Gasteiger partial charge in [0, 0.05) is 75.0 Å². The molecule has 2 saturated heterocycles. The number of nitrogens with one attached hydrogen (secondary N) is 1. The molecule has 3 aliphatic heterocycles. The minimum atomic E-state index is -0.934. The molecule has 3 N–H and O–H groups in total. The summed E-state index contributed by atoms with van der Waals surface area (Å²) in [5.74, 6) is 1.07. The maximum atomic E-state index is 13.3. The van der Waals surface area contributed by atoms with Gasteiger partial charge < -0.3 is 34.3 Å². The first kappa shape index (κ1) is 26.2. The minimum Gasteiger partial charge on any atom is -0.507 e. The van der Waals surface area contributed by atoms with E-state index in [2.05, 4.69) is 9.88 Å². The number of fused-ring (bicyclic) bond motifs is 2. The number of phenolic OH excluding ortho intramolecular Hbond substituents is 1. The molecule has 1 aromatic heterocycles. The zero-order valence-corrected chi connectivity index (χ0v) is 22.1. The van der Waals surface area contributed by atoms with E-state index in [-0.39, 0.29) is 17.3 Å². The number of H-pyrrole nitrogens is 1. The number of Topliss-reactive ketones (excluding diaryl/α,β-unsaturated/α-hetero) is 1. The molecule has 2 fully saturated rings. The summed E-state index contributed by atoms with van der Waals surface area (Å²) in [6.45, 7) is 6.90. The number of carbonyl (C=O) groups excluding carboxylic acids is 1. The second-order valence-electron chi connectivity index (χ2n) is 10.2. The average Bonchev–Trinajstić information content (AvgIpc) is 3.51. The summed E-state index contributed by atoms with van der Waals surface area (Å²) >= 11 is 0. The Hall–Kier alpha value is -4.06. The van der Waals surface area contributed by atoms with Gasteiger partial charge >= 0.3 is 6.09 Å². The van der Waals surface area contributed by atoms with Crippen LogP contribution >= 0.6 is 0 Å². The maximum Gasteiger partial charge on any atom is 0.407 e. The first-order valence-electron chi connectivity index (χ1n) is 13.5. The third-order valence-electron chi connectivity index (χ3n) is 7.69. The zero-order valence-electron chi connectivity index (χ0n) is 22.1. The molecule has 0 bridgehead atoms. The molecule has 0 spiro atoms. The molecule has 11 nitrogen and oxygen atoms in total. The predicted octanol–water partition coefficient (Wildman–Crippen LogP) is 3.00. The van der Waals surface area contributed by atoms with Crippen molar-refractivity contribution in [2.24, 2.45) is 0 Å². The predicted molar refractivity (Wildman–Crippen MR) is 147 cm³/mol. The number of amides is 1. The van der Waals surface area contributed by atoms with Crippen molar-refractivity contribution >= 4 is 28.9 Å². The largest absolute Gasteiger partial charge is 0.507 e. The van der Waals surface area contributed by atoms with Gasteiger partial charge in [0.05, 0.1) is 24.3 Å². The van der Waals surface area contributed by atoms with Crippen LogP contribution < -0.4 is 9.47 Å². The molecule has 3 aromatic rings. The van der Waals surface area contributed by atoms with Crippen molar-refractivity contribution in [1.29, 1.82) is 0 Å². The molecule has 2 aromatic carbocycles. The normalized spacial score (nSPS) is 19.2. The molecular weight excluding hydrogens is 516 g/mol. The highest BCUT2D eigenvalue weighted by Crippen LogP contribution is 2.40. The Morgan fingerprint density at radius 3 is 2.62 bits per heavy atom. The number of morpholine rings is 1. The second-order valence-corrected chi connectivity index (χ2v) is 10.2. The number of piperazine rings is 1. The van der Waals surface area contributed by atoms with E-state index in [0.29, 0.717) is 56.2 Å². The number of allylic oxidation sites excluding steroid dienone is 1. The lowest BCUT2D eigenvalue weighted by Gasteiger charge is -2.33. The molecule has 0 unspecified atom stereocenters. The highest BCUT2D eigenvalue weighted by atomic mass is 16.5. The summed E-state index contributed by atoms with van der Waals surface area (Å²) in [6, 6.07) is 8.92. The molecule has 210 valence electrons. The number of hydrogen-bond donors (Lipinski definition) is 3. The van der Waals surface area contributed by atoms with Crippen LogP contribution in [0.5, 0.6) is 17.2 Å². The van der Waals surface area contributed by atoms with Crippen molar-refractivity contribution in [1.82, 2.24) is 19.7 Å². The number of rotatable bonds is 7. The summed E-state index contributed by atoms with van der Waals surface area (Å²) in [7, 11) is 0. The first-order chi connectivity index (χ1) is 19.5. The standard InChI is InChI=1S/C29H32N4O7/c34-25-4-2-21-27(35)26(40-28(21)23(25)18-32-5-7-33(8-6-32)29(36)37)15-19-17-30-24-3-1-20(16-22(19)24)39-14-11-31-9-12-38-13-10-31/h1-4,15-17,30,34H,5-14,18H2,(H,36,37). The van der Waals surface area contributed by atoms with E-state index in [0.717, 1.165) is 55.1 Å². The maximum absolute atomic E-state index is 13.3. The van der Waals surface area contributed by atoms with Gasteiger partial charge in [0.2, 0.25) is 5.78 Å². The van der Waals surface area contributed by atoms with Crippen LogP contribution in [0.1, 0.15) is 21.5 Å². The fourth-order valence-corrected chi connectivity index (χ4v) is 5.36. The Morgan fingerprint density at radius 1 is 1.05 bits per heavy atom. The highest BCUT2D eigenvalue weighted by Gasteiger charge is 2.32. The molecule has 0 saturated carbocycles. The topological polar surface area (TPSA) is 128 Å². The van der Waals surface area contributed by atoms with Gasteiger partial charge in [-0.1, -0.05) is 0 Å². The lowest BCUT2D eigenvalue weighted by Crippen LogP contribution is -2.47. The number of carboxylic acid groups (broad SMARTS) is 1. The van der Waals surface area contributed by atoms with Gasteiger partial charge in [0.25, 0.3) is 0 Å². The molecule has 40 heavy (non-hydrogen) atoms. The van der Waals surface area contributed by atoms with Crippen molar-refractivity contribution in [3.63, 3.8) is 0 Å². The number of aromatic hydroxyl groups is 1. The summed E-state index contributed by atoms with van der Waals surface area (Å²) in [4.78, 5) is 33.5. The van der Waals surface area contributed by atoms with Crippen LogP contribution in [-0.4, -0.2) is 107 Å². The Labute approximate surface area is 231 Å². The Bertz CT molecular complexity index is 1450. The van der Waals surface area contributed by atoms with Gasteiger partial charge in [-0.25, -0.2) is 4.79 Å². The van der Waals surface area contributed by atoms with Crippen molar-refractivity contribution in [3.8, 4) is 17.2 Å². The van der Waals surface area contributed by atoms with Crippen molar-refractivity contribution in [2.75, 3.05) is 65.6 Å². The monoisotopic (exact) mass is 548 g/mol. The fraction of sp³-hybridized carbons (Fsp3) is 0.379. The average molecular weight is 549 g/mol. The molecule has 0 aliphatic carbocycles. The molecule has 4 heterocycles. The van der Waals surface area contributed by atoms with Crippen LogP contribution in [0.4, 0.5) is 4.79 Å². The number of aromatic amines is 1. The Balaban J connectivity index is 1.18. The zero-order chi connectivity index (χ0) is 27.6. The first-order valence-corrected chi connectivity index (χ1v) is 13.5. The van der Waals surface area contributed by atoms with E-state index in [9.17, 15) is 19.8 Å². The number of phenols is 1. The summed E-state index contributed by atoms with van der Waals surface area (Å²) < 4.78 is 17.5. The van der Waals surface area contributed by atoms with Gasteiger partial charge in [-0.05, 0) is 36.4 Å². The molecule has 6 rings (SSSR count). The number of benzene rings is 2. The molecule has 11 heteroatoms. The van der Waals surface area contributed by atoms with Gasteiger partial charge in [0.15, 0.2) is 5.76 Å². The quantitative estimate of drug-likeness (QED) is 0.382. The SMILES string of the molecule is O=C1C(=Cc2c[nH]c3ccc(OCCN4CCOCC4)cc23)Oc2c1ccc(O)c2CN1CCN(C(=O)O)CC1. The third kappa shape index (κ3) is 5.35. The lowest BCUT2D eigenvalue weighted by molar-refractivity contribution is 0.0322. The van der Waals surface area contributed by atoms with Crippen LogP contribution in [0.15, 0.2) is 42.3 Å². The van der Waals surface area contributed by atoms with Crippen LogP contribution in [0.3, 0.4) is 0 Å². The van der Waals surface area contributed by atoms with E-state index >= 15 is 0 Å². The van der Waals surface area contributed by atoms with E-state index in [1.165, 1.54) is 11.0 Å². The van der Waals surface area contributed by atoms with Gasteiger partial charge in [-0.2, -0.15) is 0 Å². The number of carbonyl (C=O) groups is 2. The van der Waals surface area contributed by atoms with Gasteiger partial charge in [0.1, 0.15) is 23.9 Å². The summed E-state index contributed by atoms with van der Waals surface area (Å²) in [6.07, 6.45) is 2.61. The van der Waals surface area contributed by atoms with Gasteiger partial charge in [-0.15, -0.1) is 0 Å². The number of nitrogens with zero attached hydrogens (tertiary/aromatic N) is 3. The molecule has 0 atom stereocenters. The lowest BCUT2D eigenvalue weighted by atomic mass is 10.0. The molecule has 1 amide bonds. The number of hydrogen-bond acceptors (Lipinski definition) is 8. The summed E-state index contributed by atoms with van der Waals surface area (Å²) in [5.41, 5.74) is 2.62. The van der Waals surface area contributed by atoms with Crippen LogP contribution in [-0.2, 0) is 11.3 Å². The van der Waals surface area contributed by atoms with Crippen LogP contribution in [0, 0.1) is 0 Å². The molecule has 0 radical (unpaired) electrons. The minimum absolute atomic E-state index is 0.0411. The van der Waals surface area contributed by atoms with Crippen molar-refractivity contribution < 1.29 is 34.0 Å². The highest BCUT2D eigenvalue weighted by molar-refractivity contribution is 6.15. The van der Waals surface area contributed by atoms with E-state index < -0.39 is 6.09 Å². The van der Waals surface area contributed by atoms with Crippen LogP contribution in [0.25, 0.3) is 17.0 Å². The van der Waals surface area contributed by atoms with Crippen molar-refractivity contribution in [2.45, 2.75) is 6.54 Å². The van der Waals surface area contributed by atoms with Crippen LogP contribution in [0.2, 0.25) is 0 Å². The Kier molecular flexibility index (Phi) is 7.33. The van der Waals surface area contributed by atoms with Crippen molar-refractivity contribution in [3.05, 3.63) is 59.0 Å². The molecular formula is C29H32N4O7. The summed E-state index contributed by atoms with van der Waals surface area (Å²) in [5, 5.41) is 20.7. The van der Waals surface area contributed by atoms with E-state index in [4.69, 9.17) is 14.2 Å². The third-order valence-corrected chi connectivity index (χ3v) is 7.69. The Morgan fingerprint density at radius 2 is 1.85 bits per heavy atom. The molecule has 3 aliphatic rings. The smallest absolute Gasteiger partial charge is 0.407 e. The van der Waals surface area contributed by atoms with E-state index in [1.54, 1.807) is 12.1 Å². The number of ether oxygens (including phenoxy) is 3. The van der Waals surface area contributed by atoms with E-state index in [1.807, 2.05) is 29.3 Å². The fourth-order valence-electron chi connectivity index (χ4n) is 5.36. The van der Waals surface area contributed by atoms with Gasteiger partial charge in [-0.3, -0.25) is 14.6 Å². The second kappa shape index (κ2) is 11.2. The number of ketones is 1.